The predicted molar refractivity (Wildman–Crippen MR) is 52.7 cm³/mol. The largest absolute Gasteiger partial charge is 0.396 e. The second-order valence-corrected chi connectivity index (χ2v) is 3.68. The Balaban J connectivity index is 3.04. The molecule has 0 bridgehead atoms. The van der Waals surface area contributed by atoms with Crippen molar-refractivity contribution in [3.05, 3.63) is 33.8 Å². The molecular weight excluding hydrogens is 256 g/mol. The third-order valence-electron chi connectivity index (χ3n) is 1.90. The van der Waals surface area contributed by atoms with Crippen molar-refractivity contribution in [2.24, 2.45) is 5.73 Å². The van der Waals surface area contributed by atoms with Gasteiger partial charge in [-0.15, -0.1) is 0 Å². The normalized spacial score (nSPS) is 12.9. The highest BCUT2D eigenvalue weighted by molar-refractivity contribution is 9.10. The van der Waals surface area contributed by atoms with Gasteiger partial charge in [0.05, 0.1) is 4.47 Å². The molecular formula is C9H10BrF2NO. The van der Waals surface area contributed by atoms with Gasteiger partial charge in [0.25, 0.3) is 0 Å². The summed E-state index contributed by atoms with van der Waals surface area (Å²) in [6, 6.07) is 1.81. The molecule has 14 heavy (non-hydrogen) atoms. The summed E-state index contributed by atoms with van der Waals surface area (Å²) in [7, 11) is 0. The summed E-state index contributed by atoms with van der Waals surface area (Å²) in [4.78, 5) is 0. The molecule has 0 spiro atoms. The molecule has 1 atom stereocenters. The Kier molecular flexibility index (Phi) is 3.97. The van der Waals surface area contributed by atoms with Gasteiger partial charge in [-0.3, -0.25) is 0 Å². The molecule has 3 N–H and O–H groups in total. The highest BCUT2D eigenvalue weighted by atomic mass is 79.9. The summed E-state index contributed by atoms with van der Waals surface area (Å²) >= 11 is 2.78. The Morgan fingerprint density at radius 1 is 1.43 bits per heavy atom. The van der Waals surface area contributed by atoms with Gasteiger partial charge < -0.3 is 10.8 Å². The van der Waals surface area contributed by atoms with Gasteiger partial charge in [-0.05, 0) is 28.4 Å². The Labute approximate surface area is 88.9 Å². The molecule has 1 aromatic carbocycles. The SMILES string of the molecule is NC(CCO)c1ccc(F)c(Br)c1F. The van der Waals surface area contributed by atoms with Gasteiger partial charge in [0.2, 0.25) is 0 Å². The van der Waals surface area contributed by atoms with E-state index in [0.29, 0.717) is 0 Å². The average Bonchev–Trinajstić information content (AvgIpc) is 2.15. The first-order valence-corrected chi connectivity index (χ1v) is 4.87. The van der Waals surface area contributed by atoms with Crippen molar-refractivity contribution in [3.8, 4) is 0 Å². The standard InChI is InChI=1S/C9H10BrF2NO/c10-8-6(11)2-1-5(9(8)12)7(13)3-4-14/h1-2,7,14H,3-4,13H2. The fourth-order valence-electron chi connectivity index (χ4n) is 1.12. The molecule has 0 amide bonds. The molecule has 0 saturated heterocycles. The summed E-state index contributed by atoms with van der Waals surface area (Å²) in [5.41, 5.74) is 5.78. The molecule has 0 saturated carbocycles. The van der Waals surface area contributed by atoms with Gasteiger partial charge in [-0.25, -0.2) is 8.78 Å². The number of rotatable bonds is 3. The molecule has 0 radical (unpaired) electrons. The molecule has 78 valence electrons. The smallest absolute Gasteiger partial charge is 0.145 e. The van der Waals surface area contributed by atoms with Crippen molar-refractivity contribution < 1.29 is 13.9 Å². The minimum atomic E-state index is -0.703. The lowest BCUT2D eigenvalue weighted by Gasteiger charge is -2.12. The second kappa shape index (κ2) is 4.82. The van der Waals surface area contributed by atoms with Crippen LogP contribution in [-0.4, -0.2) is 11.7 Å². The Hall–Kier alpha value is -0.520. The first-order valence-electron chi connectivity index (χ1n) is 4.07. The van der Waals surface area contributed by atoms with Gasteiger partial charge in [0.15, 0.2) is 0 Å². The van der Waals surface area contributed by atoms with E-state index in [0.717, 1.165) is 6.07 Å². The number of nitrogens with two attached hydrogens (primary N) is 1. The lowest BCUT2D eigenvalue weighted by molar-refractivity contribution is 0.275. The molecule has 1 unspecified atom stereocenters. The number of benzene rings is 1. The van der Waals surface area contributed by atoms with Gasteiger partial charge in [-0.2, -0.15) is 0 Å². The summed E-state index contributed by atoms with van der Waals surface area (Å²) < 4.78 is 26.0. The monoisotopic (exact) mass is 265 g/mol. The highest BCUT2D eigenvalue weighted by Crippen LogP contribution is 2.26. The van der Waals surface area contributed by atoms with Crippen LogP contribution in [-0.2, 0) is 0 Å². The van der Waals surface area contributed by atoms with E-state index in [-0.39, 0.29) is 23.1 Å². The number of hydrogen-bond donors (Lipinski definition) is 2. The van der Waals surface area contributed by atoms with E-state index >= 15 is 0 Å². The Bertz CT molecular complexity index is 333. The zero-order valence-corrected chi connectivity index (χ0v) is 8.89. The highest BCUT2D eigenvalue weighted by Gasteiger charge is 2.15. The van der Waals surface area contributed by atoms with Gasteiger partial charge in [-0.1, -0.05) is 6.07 Å². The van der Waals surface area contributed by atoms with E-state index in [1.165, 1.54) is 6.07 Å². The second-order valence-electron chi connectivity index (χ2n) is 2.88. The van der Waals surface area contributed by atoms with Gasteiger partial charge >= 0.3 is 0 Å². The van der Waals surface area contributed by atoms with Crippen LogP contribution >= 0.6 is 15.9 Å². The number of halogens is 3. The van der Waals surface area contributed by atoms with Gasteiger partial charge in [0, 0.05) is 18.2 Å². The van der Waals surface area contributed by atoms with Crippen molar-refractivity contribution in [2.75, 3.05) is 6.61 Å². The Morgan fingerprint density at radius 2 is 2.07 bits per heavy atom. The number of hydrogen-bond acceptors (Lipinski definition) is 2. The summed E-state index contributed by atoms with van der Waals surface area (Å²) in [6.07, 6.45) is 0.245. The number of aliphatic hydroxyl groups is 1. The third-order valence-corrected chi connectivity index (χ3v) is 2.63. The van der Waals surface area contributed by atoms with Crippen molar-refractivity contribution in [3.63, 3.8) is 0 Å². The molecule has 0 aliphatic carbocycles. The Morgan fingerprint density at radius 3 is 2.64 bits per heavy atom. The zero-order valence-electron chi connectivity index (χ0n) is 7.30. The van der Waals surface area contributed by atoms with Crippen molar-refractivity contribution >= 4 is 15.9 Å². The van der Waals surface area contributed by atoms with Crippen molar-refractivity contribution in [1.29, 1.82) is 0 Å². The molecule has 2 nitrogen and oxygen atoms in total. The molecule has 1 rings (SSSR count). The average molecular weight is 266 g/mol. The first kappa shape index (κ1) is 11.6. The summed E-state index contributed by atoms with van der Waals surface area (Å²) in [5, 5.41) is 8.62. The van der Waals surface area contributed by atoms with E-state index in [1.54, 1.807) is 0 Å². The van der Waals surface area contributed by atoms with Gasteiger partial charge in [0.1, 0.15) is 11.6 Å². The van der Waals surface area contributed by atoms with Crippen LogP contribution in [0.15, 0.2) is 16.6 Å². The van der Waals surface area contributed by atoms with Crippen LogP contribution < -0.4 is 5.73 Å². The van der Waals surface area contributed by atoms with E-state index in [2.05, 4.69) is 15.9 Å². The van der Waals surface area contributed by atoms with Crippen LogP contribution in [0.4, 0.5) is 8.78 Å². The van der Waals surface area contributed by atoms with Crippen LogP contribution in [0.5, 0.6) is 0 Å². The molecule has 0 aliphatic rings. The summed E-state index contributed by atoms with van der Waals surface area (Å²) in [6.45, 7) is -0.129. The molecule has 1 aromatic rings. The van der Waals surface area contributed by atoms with Crippen molar-refractivity contribution in [2.45, 2.75) is 12.5 Å². The van der Waals surface area contributed by atoms with E-state index < -0.39 is 17.7 Å². The number of aliphatic hydroxyl groups excluding tert-OH is 1. The third kappa shape index (κ3) is 2.29. The van der Waals surface area contributed by atoms with E-state index in [1.807, 2.05) is 0 Å². The summed E-state index contributed by atoms with van der Waals surface area (Å²) in [5.74, 6) is -1.37. The predicted octanol–water partition coefficient (Wildman–Crippen LogP) is 2.11. The van der Waals surface area contributed by atoms with E-state index in [4.69, 9.17) is 10.8 Å². The van der Waals surface area contributed by atoms with Crippen LogP contribution in [0.1, 0.15) is 18.0 Å². The van der Waals surface area contributed by atoms with Crippen molar-refractivity contribution in [1.82, 2.24) is 0 Å². The maximum absolute atomic E-state index is 13.4. The van der Waals surface area contributed by atoms with Crippen LogP contribution in [0, 0.1) is 11.6 Å². The van der Waals surface area contributed by atoms with Crippen LogP contribution in [0.3, 0.4) is 0 Å². The molecule has 0 aromatic heterocycles. The first-order chi connectivity index (χ1) is 6.57. The molecule has 0 aliphatic heterocycles. The molecule has 5 heteroatoms. The zero-order chi connectivity index (χ0) is 10.7. The fourth-order valence-corrected chi connectivity index (χ4v) is 1.48. The minimum absolute atomic E-state index is 0.129. The minimum Gasteiger partial charge on any atom is -0.396 e. The lowest BCUT2D eigenvalue weighted by atomic mass is 10.0. The maximum Gasteiger partial charge on any atom is 0.145 e. The molecule has 0 heterocycles. The lowest BCUT2D eigenvalue weighted by Crippen LogP contribution is -2.14. The van der Waals surface area contributed by atoms with Crippen LogP contribution in [0.25, 0.3) is 0 Å². The topological polar surface area (TPSA) is 46.2 Å². The van der Waals surface area contributed by atoms with Crippen LogP contribution in [0.2, 0.25) is 0 Å². The quantitative estimate of drug-likeness (QED) is 0.823. The molecule has 0 fully saturated rings. The fraction of sp³-hybridized carbons (Fsp3) is 0.333. The maximum atomic E-state index is 13.4. The van der Waals surface area contributed by atoms with E-state index in [9.17, 15) is 8.78 Å².